The van der Waals surface area contributed by atoms with Gasteiger partial charge in [0.25, 0.3) is 5.91 Å². The van der Waals surface area contributed by atoms with Gasteiger partial charge in [0.15, 0.2) is 11.9 Å². The van der Waals surface area contributed by atoms with Crippen LogP contribution in [0.5, 0.6) is 17.2 Å². The van der Waals surface area contributed by atoms with Gasteiger partial charge in [0, 0.05) is 31.7 Å². The molecule has 2 heterocycles. The van der Waals surface area contributed by atoms with E-state index in [0.717, 1.165) is 28.6 Å². The molecular formula is C25H28N4O4. The van der Waals surface area contributed by atoms with Crippen LogP contribution in [0.15, 0.2) is 60.7 Å². The van der Waals surface area contributed by atoms with Crippen molar-refractivity contribution in [2.75, 3.05) is 45.3 Å². The van der Waals surface area contributed by atoms with Crippen LogP contribution in [-0.4, -0.2) is 67.5 Å². The molecule has 1 fully saturated rings. The van der Waals surface area contributed by atoms with Crippen molar-refractivity contribution < 1.29 is 19.0 Å². The van der Waals surface area contributed by atoms with E-state index >= 15 is 0 Å². The molecule has 1 atom stereocenters. The molecule has 0 aliphatic carbocycles. The van der Waals surface area contributed by atoms with Gasteiger partial charge in [-0.1, -0.05) is 0 Å². The summed E-state index contributed by atoms with van der Waals surface area (Å²) in [6, 6.07) is 18.9. The van der Waals surface area contributed by atoms with Gasteiger partial charge in [-0.3, -0.25) is 4.79 Å². The van der Waals surface area contributed by atoms with Gasteiger partial charge in [0.1, 0.15) is 17.2 Å². The summed E-state index contributed by atoms with van der Waals surface area (Å²) in [5, 5.41) is 8.78. The van der Waals surface area contributed by atoms with Gasteiger partial charge < -0.3 is 24.0 Å². The summed E-state index contributed by atoms with van der Waals surface area (Å²) in [4.78, 5) is 16.8. The molecule has 0 saturated carbocycles. The number of aromatic nitrogens is 2. The Bertz CT molecular complexity index is 1050. The Morgan fingerprint density at radius 2 is 1.36 bits per heavy atom. The first-order valence-corrected chi connectivity index (χ1v) is 10.9. The number of hydrogen-bond donors (Lipinski definition) is 0. The number of hydrogen-bond acceptors (Lipinski definition) is 7. The predicted molar refractivity (Wildman–Crippen MR) is 126 cm³/mol. The molecule has 4 rings (SSSR count). The number of amides is 1. The maximum Gasteiger partial charge on any atom is 0.263 e. The average Bonchev–Trinajstić information content (AvgIpc) is 2.89. The number of anilines is 1. The second kappa shape index (κ2) is 10.2. The first-order valence-electron chi connectivity index (χ1n) is 10.9. The van der Waals surface area contributed by atoms with Crippen LogP contribution in [0.25, 0.3) is 11.3 Å². The third-order valence-electron chi connectivity index (χ3n) is 5.67. The minimum Gasteiger partial charge on any atom is -0.497 e. The van der Waals surface area contributed by atoms with Crippen molar-refractivity contribution >= 4 is 11.7 Å². The summed E-state index contributed by atoms with van der Waals surface area (Å²) < 4.78 is 16.2. The van der Waals surface area contributed by atoms with E-state index in [1.807, 2.05) is 53.4 Å². The zero-order valence-corrected chi connectivity index (χ0v) is 19.1. The largest absolute Gasteiger partial charge is 0.497 e. The molecule has 1 aromatic heterocycles. The van der Waals surface area contributed by atoms with E-state index in [1.165, 1.54) is 0 Å². The third-order valence-corrected chi connectivity index (χ3v) is 5.67. The lowest BCUT2D eigenvalue weighted by Crippen LogP contribution is -2.52. The Hall–Kier alpha value is -3.81. The molecular weight excluding hydrogens is 420 g/mol. The highest BCUT2D eigenvalue weighted by Gasteiger charge is 2.26. The number of piperazine rings is 1. The maximum absolute atomic E-state index is 12.8. The van der Waals surface area contributed by atoms with Crippen molar-refractivity contribution in [2.45, 2.75) is 13.0 Å². The van der Waals surface area contributed by atoms with Crippen LogP contribution >= 0.6 is 0 Å². The molecule has 3 aromatic rings. The molecule has 33 heavy (non-hydrogen) atoms. The van der Waals surface area contributed by atoms with Gasteiger partial charge in [-0.15, -0.1) is 10.2 Å². The number of carbonyl (C=O) groups excluding carboxylic acids is 1. The number of ether oxygens (including phenoxy) is 3. The number of methoxy groups -OCH3 is 2. The molecule has 8 nitrogen and oxygen atoms in total. The highest BCUT2D eigenvalue weighted by molar-refractivity contribution is 5.81. The summed E-state index contributed by atoms with van der Waals surface area (Å²) in [5.74, 6) is 2.98. The molecule has 0 bridgehead atoms. The van der Waals surface area contributed by atoms with E-state index in [9.17, 15) is 4.79 Å². The van der Waals surface area contributed by atoms with Crippen LogP contribution in [0.4, 0.5) is 5.82 Å². The SMILES string of the molecule is COc1ccc(OC(C)C(=O)N2CCN(c3ccc(-c4ccc(OC)cc4)nn3)CC2)cc1. The molecule has 172 valence electrons. The quantitative estimate of drug-likeness (QED) is 0.549. The molecule has 1 amide bonds. The van der Waals surface area contributed by atoms with Gasteiger partial charge in [0.2, 0.25) is 0 Å². The van der Waals surface area contributed by atoms with Crippen molar-refractivity contribution in [3.05, 3.63) is 60.7 Å². The molecule has 0 radical (unpaired) electrons. The zero-order valence-electron chi connectivity index (χ0n) is 19.1. The number of rotatable bonds is 7. The molecule has 8 heteroatoms. The van der Waals surface area contributed by atoms with Gasteiger partial charge in [-0.2, -0.15) is 0 Å². The monoisotopic (exact) mass is 448 g/mol. The normalized spacial score (nSPS) is 14.5. The lowest BCUT2D eigenvalue weighted by Gasteiger charge is -2.36. The highest BCUT2D eigenvalue weighted by atomic mass is 16.5. The van der Waals surface area contributed by atoms with Crippen molar-refractivity contribution in [1.82, 2.24) is 15.1 Å². The summed E-state index contributed by atoms with van der Waals surface area (Å²) >= 11 is 0. The lowest BCUT2D eigenvalue weighted by molar-refractivity contribution is -0.138. The smallest absolute Gasteiger partial charge is 0.263 e. The fourth-order valence-electron chi connectivity index (χ4n) is 3.73. The van der Waals surface area contributed by atoms with Crippen LogP contribution in [-0.2, 0) is 4.79 Å². The minimum absolute atomic E-state index is 0.0218. The summed E-state index contributed by atoms with van der Waals surface area (Å²) in [5.41, 5.74) is 1.79. The number of carbonyl (C=O) groups is 1. The third kappa shape index (κ3) is 5.34. The average molecular weight is 449 g/mol. The van der Waals surface area contributed by atoms with E-state index < -0.39 is 6.10 Å². The van der Waals surface area contributed by atoms with E-state index in [4.69, 9.17) is 14.2 Å². The Morgan fingerprint density at radius 1 is 0.788 bits per heavy atom. The standard InChI is InChI=1S/C25H28N4O4/c1-18(33-22-10-8-21(32-3)9-11-22)25(30)29-16-14-28(15-17-29)24-13-12-23(26-27-24)19-4-6-20(31-2)7-5-19/h4-13,18H,14-17H2,1-3H3. The van der Waals surface area contributed by atoms with Gasteiger partial charge in [-0.05, 0) is 67.6 Å². The molecule has 1 aliphatic rings. The molecule has 2 aromatic carbocycles. The predicted octanol–water partition coefficient (Wildman–Crippen LogP) is 3.28. The van der Waals surface area contributed by atoms with Crippen LogP contribution in [0.1, 0.15) is 6.92 Å². The fourth-order valence-corrected chi connectivity index (χ4v) is 3.73. The zero-order chi connectivity index (χ0) is 23.2. The molecule has 0 N–H and O–H groups in total. The van der Waals surface area contributed by atoms with Crippen molar-refractivity contribution in [3.63, 3.8) is 0 Å². The summed E-state index contributed by atoms with van der Waals surface area (Å²) in [6.45, 7) is 4.38. The van der Waals surface area contributed by atoms with Gasteiger partial charge in [0.05, 0.1) is 19.9 Å². The second-order valence-electron chi connectivity index (χ2n) is 7.75. The van der Waals surface area contributed by atoms with Crippen LogP contribution in [0.2, 0.25) is 0 Å². The first-order chi connectivity index (χ1) is 16.1. The summed E-state index contributed by atoms with van der Waals surface area (Å²) in [6.07, 6.45) is -0.562. The van der Waals surface area contributed by atoms with Crippen molar-refractivity contribution in [2.24, 2.45) is 0 Å². The Morgan fingerprint density at radius 3 is 1.91 bits per heavy atom. The topological polar surface area (TPSA) is 77.0 Å². The number of benzene rings is 2. The van der Waals surface area contributed by atoms with E-state index in [1.54, 1.807) is 33.3 Å². The molecule has 0 spiro atoms. The van der Waals surface area contributed by atoms with Gasteiger partial charge >= 0.3 is 0 Å². The van der Waals surface area contributed by atoms with Crippen LogP contribution < -0.4 is 19.1 Å². The van der Waals surface area contributed by atoms with Crippen molar-refractivity contribution in [3.8, 4) is 28.5 Å². The Kier molecular flexibility index (Phi) is 6.92. The lowest BCUT2D eigenvalue weighted by atomic mass is 10.1. The Balaban J connectivity index is 1.30. The molecule has 1 aliphatic heterocycles. The maximum atomic E-state index is 12.8. The van der Waals surface area contributed by atoms with E-state index in [-0.39, 0.29) is 5.91 Å². The number of nitrogens with zero attached hydrogens (tertiary/aromatic N) is 4. The van der Waals surface area contributed by atoms with Gasteiger partial charge in [-0.25, -0.2) is 0 Å². The Labute approximate surface area is 193 Å². The second-order valence-corrected chi connectivity index (χ2v) is 7.75. The first kappa shape index (κ1) is 22.4. The molecule has 1 unspecified atom stereocenters. The van der Waals surface area contributed by atoms with E-state index in [0.29, 0.717) is 31.9 Å². The van der Waals surface area contributed by atoms with Crippen LogP contribution in [0, 0.1) is 0 Å². The summed E-state index contributed by atoms with van der Waals surface area (Å²) in [7, 11) is 3.26. The fraction of sp³-hybridized carbons (Fsp3) is 0.320. The van der Waals surface area contributed by atoms with E-state index in [2.05, 4.69) is 15.1 Å². The minimum atomic E-state index is -0.562. The van der Waals surface area contributed by atoms with Crippen LogP contribution in [0.3, 0.4) is 0 Å². The highest BCUT2D eigenvalue weighted by Crippen LogP contribution is 2.23. The van der Waals surface area contributed by atoms with Crippen molar-refractivity contribution in [1.29, 1.82) is 0 Å². The molecule has 1 saturated heterocycles.